The van der Waals surface area contributed by atoms with Crippen molar-refractivity contribution in [2.24, 2.45) is 0 Å². The first-order chi connectivity index (χ1) is 7.67. The number of alkyl halides is 1. The van der Waals surface area contributed by atoms with Gasteiger partial charge in [0.05, 0.1) is 17.0 Å². The van der Waals surface area contributed by atoms with Crippen LogP contribution in [0.15, 0.2) is 28.7 Å². The molecule has 4 heteroatoms. The van der Waals surface area contributed by atoms with E-state index < -0.39 is 0 Å². The highest BCUT2D eigenvalue weighted by molar-refractivity contribution is 9.10. The molecule has 0 radical (unpaired) electrons. The molecule has 0 saturated carbocycles. The summed E-state index contributed by atoms with van der Waals surface area (Å²) >= 11 is 8.79. The van der Waals surface area contributed by atoms with Crippen molar-refractivity contribution < 1.29 is 9.53 Å². The van der Waals surface area contributed by atoms with Crippen LogP contribution in [0.2, 0.25) is 0 Å². The number of hydrogen-bond donors (Lipinski definition) is 0. The maximum atomic E-state index is 11.0. The number of benzene rings is 1. The smallest absolute Gasteiger partial charge is 0.170 e. The fourth-order valence-electron chi connectivity index (χ4n) is 1.13. The second-order valence-corrected chi connectivity index (χ2v) is 4.18. The fraction of sp³-hybridized carbons (Fsp3) is 0.250. The Morgan fingerprint density at radius 2 is 2.31 bits per heavy atom. The van der Waals surface area contributed by atoms with Crippen molar-refractivity contribution in [1.82, 2.24) is 0 Å². The van der Waals surface area contributed by atoms with Gasteiger partial charge in [-0.05, 0) is 46.6 Å². The summed E-state index contributed by atoms with van der Waals surface area (Å²) in [4.78, 5) is 11.0. The molecule has 0 unspecified atom stereocenters. The van der Waals surface area contributed by atoms with Gasteiger partial charge in [-0.3, -0.25) is 4.79 Å². The highest BCUT2D eigenvalue weighted by Crippen LogP contribution is 2.26. The lowest BCUT2D eigenvalue weighted by atomic mass is 10.2. The molecule has 1 aromatic carbocycles. The van der Waals surface area contributed by atoms with E-state index in [0.29, 0.717) is 6.61 Å². The van der Waals surface area contributed by atoms with Crippen molar-refractivity contribution in [3.8, 4) is 5.75 Å². The number of ketones is 1. The van der Waals surface area contributed by atoms with Crippen LogP contribution in [0, 0.1) is 0 Å². The summed E-state index contributed by atoms with van der Waals surface area (Å²) in [5.41, 5.74) is 0.925. The van der Waals surface area contributed by atoms with Crippen molar-refractivity contribution in [2.45, 2.75) is 6.92 Å². The van der Waals surface area contributed by atoms with E-state index in [1.807, 2.05) is 25.1 Å². The molecule has 0 N–H and O–H groups in total. The van der Waals surface area contributed by atoms with Crippen molar-refractivity contribution >= 4 is 39.4 Å². The molecule has 2 nitrogen and oxygen atoms in total. The summed E-state index contributed by atoms with van der Waals surface area (Å²) < 4.78 is 6.25. The largest absolute Gasteiger partial charge is 0.493 e. The Balaban J connectivity index is 2.81. The van der Waals surface area contributed by atoms with Gasteiger partial charge in [-0.2, -0.15) is 0 Å². The predicted octanol–water partition coefficient (Wildman–Crippen LogP) is 3.67. The Hall–Kier alpha value is -0.800. The maximum absolute atomic E-state index is 11.0. The third-order valence-electron chi connectivity index (χ3n) is 1.85. The van der Waals surface area contributed by atoms with Gasteiger partial charge < -0.3 is 4.74 Å². The van der Waals surface area contributed by atoms with Crippen LogP contribution < -0.4 is 4.74 Å². The first-order valence-electron chi connectivity index (χ1n) is 4.86. The van der Waals surface area contributed by atoms with Crippen molar-refractivity contribution in [3.05, 3.63) is 34.3 Å². The van der Waals surface area contributed by atoms with Gasteiger partial charge in [0.25, 0.3) is 0 Å². The van der Waals surface area contributed by atoms with E-state index in [-0.39, 0.29) is 11.7 Å². The zero-order chi connectivity index (χ0) is 12.0. The van der Waals surface area contributed by atoms with Crippen LogP contribution in [0.1, 0.15) is 12.5 Å². The summed E-state index contributed by atoms with van der Waals surface area (Å²) in [5.74, 6) is 0.698. The van der Waals surface area contributed by atoms with Gasteiger partial charge in [-0.15, -0.1) is 11.6 Å². The summed E-state index contributed by atoms with van der Waals surface area (Å²) in [6.45, 7) is 2.55. The number of rotatable bonds is 5. The zero-order valence-electron chi connectivity index (χ0n) is 8.87. The molecular weight excluding hydrogens is 291 g/mol. The second-order valence-electron chi connectivity index (χ2n) is 3.06. The monoisotopic (exact) mass is 302 g/mol. The van der Waals surface area contributed by atoms with E-state index in [0.717, 1.165) is 15.8 Å². The van der Waals surface area contributed by atoms with Crippen LogP contribution in [0.4, 0.5) is 0 Å². The van der Waals surface area contributed by atoms with Gasteiger partial charge in [0, 0.05) is 0 Å². The van der Waals surface area contributed by atoms with Gasteiger partial charge in [0.15, 0.2) is 5.78 Å². The number of allylic oxidation sites excluding steroid dienone is 1. The topological polar surface area (TPSA) is 26.3 Å². The van der Waals surface area contributed by atoms with E-state index in [9.17, 15) is 4.79 Å². The highest BCUT2D eigenvalue weighted by atomic mass is 79.9. The highest BCUT2D eigenvalue weighted by Gasteiger charge is 2.00. The summed E-state index contributed by atoms with van der Waals surface area (Å²) in [6, 6.07) is 5.63. The normalized spacial score (nSPS) is 10.7. The van der Waals surface area contributed by atoms with Crippen LogP contribution in [0.3, 0.4) is 0 Å². The SMILES string of the molecule is CCOc1ccc(/C=C/C(=O)CCl)cc1Br. The van der Waals surface area contributed by atoms with Crippen molar-refractivity contribution in [3.63, 3.8) is 0 Å². The Labute approximate surface area is 108 Å². The lowest BCUT2D eigenvalue weighted by Gasteiger charge is -2.05. The zero-order valence-corrected chi connectivity index (χ0v) is 11.2. The first kappa shape index (κ1) is 13.3. The molecule has 0 atom stereocenters. The Kier molecular flexibility index (Phi) is 5.56. The average molecular weight is 304 g/mol. The number of ether oxygens (including phenoxy) is 1. The molecule has 0 saturated heterocycles. The van der Waals surface area contributed by atoms with Crippen LogP contribution >= 0.6 is 27.5 Å². The summed E-state index contributed by atoms with van der Waals surface area (Å²) in [5, 5.41) is 0. The lowest BCUT2D eigenvalue weighted by molar-refractivity contribution is -0.112. The van der Waals surface area contributed by atoms with Crippen molar-refractivity contribution in [1.29, 1.82) is 0 Å². The molecule has 1 rings (SSSR count). The maximum Gasteiger partial charge on any atom is 0.170 e. The molecule has 86 valence electrons. The Morgan fingerprint density at radius 3 is 2.88 bits per heavy atom. The third kappa shape index (κ3) is 3.99. The Morgan fingerprint density at radius 1 is 1.56 bits per heavy atom. The molecule has 0 bridgehead atoms. The third-order valence-corrected chi connectivity index (χ3v) is 2.73. The molecule has 0 amide bonds. The summed E-state index contributed by atoms with van der Waals surface area (Å²) in [6.07, 6.45) is 3.19. The van der Waals surface area contributed by atoms with Gasteiger partial charge in [0.2, 0.25) is 0 Å². The minimum absolute atomic E-state index is 0.00863. The fourth-order valence-corrected chi connectivity index (χ4v) is 1.73. The van der Waals surface area contributed by atoms with Crippen LogP contribution in [0.5, 0.6) is 5.75 Å². The molecule has 0 fully saturated rings. The number of halogens is 2. The van der Waals surface area contributed by atoms with Crippen LogP contribution in [-0.2, 0) is 4.79 Å². The Bertz CT molecular complexity index is 402. The lowest BCUT2D eigenvalue weighted by Crippen LogP contribution is -1.93. The van der Waals surface area contributed by atoms with Crippen LogP contribution in [-0.4, -0.2) is 18.3 Å². The first-order valence-corrected chi connectivity index (χ1v) is 6.19. The minimum Gasteiger partial charge on any atom is -0.493 e. The molecule has 16 heavy (non-hydrogen) atoms. The molecule has 0 spiro atoms. The van der Waals surface area contributed by atoms with E-state index in [2.05, 4.69) is 15.9 Å². The van der Waals surface area contributed by atoms with Gasteiger partial charge in [-0.1, -0.05) is 12.1 Å². The van der Waals surface area contributed by atoms with E-state index in [4.69, 9.17) is 16.3 Å². The van der Waals surface area contributed by atoms with Crippen molar-refractivity contribution in [2.75, 3.05) is 12.5 Å². The molecule has 1 aromatic rings. The molecule has 0 aliphatic heterocycles. The minimum atomic E-state index is -0.105. The van der Waals surface area contributed by atoms with Gasteiger partial charge in [0.1, 0.15) is 5.75 Å². The molecule has 0 heterocycles. The number of carbonyl (C=O) groups is 1. The van der Waals surface area contributed by atoms with E-state index in [1.165, 1.54) is 6.08 Å². The quantitative estimate of drug-likeness (QED) is 0.613. The molecular formula is C12H12BrClO2. The van der Waals surface area contributed by atoms with E-state index >= 15 is 0 Å². The van der Waals surface area contributed by atoms with Gasteiger partial charge in [-0.25, -0.2) is 0 Å². The molecule has 0 aromatic heterocycles. The average Bonchev–Trinajstić information content (AvgIpc) is 2.29. The van der Waals surface area contributed by atoms with Gasteiger partial charge >= 0.3 is 0 Å². The molecule has 0 aliphatic rings. The van der Waals surface area contributed by atoms with Crippen LogP contribution in [0.25, 0.3) is 6.08 Å². The number of carbonyl (C=O) groups excluding carboxylic acids is 1. The number of hydrogen-bond acceptors (Lipinski definition) is 2. The predicted molar refractivity (Wildman–Crippen MR) is 70.1 cm³/mol. The standard InChI is InChI=1S/C12H12BrClO2/c1-2-16-12-6-4-9(7-11(12)13)3-5-10(15)8-14/h3-7H,2,8H2,1H3/b5-3+. The summed E-state index contributed by atoms with van der Waals surface area (Å²) in [7, 11) is 0. The molecule has 0 aliphatic carbocycles. The van der Waals surface area contributed by atoms with E-state index in [1.54, 1.807) is 6.08 Å². The second kappa shape index (κ2) is 6.71.